The van der Waals surface area contributed by atoms with Crippen LogP contribution in [0.25, 0.3) is 5.69 Å². The Morgan fingerprint density at radius 3 is 2.74 bits per heavy atom. The molecule has 0 spiro atoms. The van der Waals surface area contributed by atoms with Gasteiger partial charge in [-0.1, -0.05) is 29.4 Å². The Labute approximate surface area is 166 Å². The Bertz CT molecular complexity index is 822. The second kappa shape index (κ2) is 9.09. The summed E-state index contributed by atoms with van der Waals surface area (Å²) in [6.07, 6.45) is 3.09. The first-order valence-electron chi connectivity index (χ1n) is 8.73. The summed E-state index contributed by atoms with van der Waals surface area (Å²) in [7, 11) is 0. The number of anilines is 1. The third kappa shape index (κ3) is 5.14. The molecular formula is C17H21ClN6O2S. The van der Waals surface area contributed by atoms with Crippen LogP contribution in [0.3, 0.4) is 0 Å². The smallest absolute Gasteiger partial charge is 0.318 e. The maximum atomic E-state index is 11.5. The van der Waals surface area contributed by atoms with Crippen LogP contribution >= 0.6 is 23.4 Å². The number of halogens is 1. The van der Waals surface area contributed by atoms with Crippen LogP contribution in [-0.4, -0.2) is 45.5 Å². The van der Waals surface area contributed by atoms with Gasteiger partial charge in [-0.25, -0.2) is 4.79 Å². The molecule has 3 rings (SSSR count). The molecule has 0 unspecified atom stereocenters. The highest BCUT2D eigenvalue weighted by Crippen LogP contribution is 2.29. The number of carbonyl (C=O) groups excluding carboxylic acids is 2. The van der Waals surface area contributed by atoms with Crippen molar-refractivity contribution in [3.8, 4) is 5.69 Å². The van der Waals surface area contributed by atoms with Gasteiger partial charge in [0.25, 0.3) is 0 Å². The number of hydrogen-bond donors (Lipinski definition) is 2. The number of nitrogens with two attached hydrogens (primary N) is 1. The number of hydrogen-bond acceptors (Lipinski definition) is 6. The number of amides is 3. The zero-order chi connectivity index (χ0) is 19.2. The van der Waals surface area contributed by atoms with Crippen molar-refractivity contribution in [3.05, 3.63) is 29.3 Å². The number of imide groups is 1. The maximum absolute atomic E-state index is 11.5. The van der Waals surface area contributed by atoms with Crippen molar-refractivity contribution in [2.45, 2.75) is 30.8 Å². The van der Waals surface area contributed by atoms with Crippen molar-refractivity contribution < 1.29 is 9.59 Å². The highest BCUT2D eigenvalue weighted by molar-refractivity contribution is 7.99. The zero-order valence-electron chi connectivity index (χ0n) is 14.7. The minimum absolute atomic E-state index is 0.222. The molecule has 2 aromatic rings. The number of primary amides is 1. The standard InChI is InChI=1S/C17H21ClN6O2S/c18-12-5-3-6-13(11-12)24-16(23-8-1-2-9-23)21-22-17(24)27-10-4-7-14(25)20-15(19)26/h3,5-6,11H,1-2,4,7-10H2,(H3,19,20,25,26). The molecule has 3 amide bonds. The molecule has 1 aliphatic heterocycles. The summed E-state index contributed by atoms with van der Waals surface area (Å²) in [5.41, 5.74) is 5.84. The normalized spacial score (nSPS) is 13.7. The molecule has 0 radical (unpaired) electrons. The summed E-state index contributed by atoms with van der Waals surface area (Å²) >= 11 is 7.68. The zero-order valence-corrected chi connectivity index (χ0v) is 16.3. The van der Waals surface area contributed by atoms with Gasteiger partial charge in [0.2, 0.25) is 11.9 Å². The molecule has 1 saturated heterocycles. The topological polar surface area (TPSA) is 106 Å². The van der Waals surface area contributed by atoms with Gasteiger partial charge in [-0.2, -0.15) is 0 Å². The van der Waals surface area contributed by atoms with Gasteiger partial charge in [0.05, 0.1) is 5.69 Å². The first-order valence-corrected chi connectivity index (χ1v) is 10.1. The SMILES string of the molecule is NC(=O)NC(=O)CCCSc1nnc(N2CCCC2)n1-c1cccc(Cl)c1. The molecular weight excluding hydrogens is 388 g/mol. The summed E-state index contributed by atoms with van der Waals surface area (Å²) in [5.74, 6) is 1.09. The molecule has 10 heteroatoms. The molecule has 144 valence electrons. The lowest BCUT2D eigenvalue weighted by molar-refractivity contribution is -0.119. The number of nitrogens with one attached hydrogen (secondary N) is 1. The van der Waals surface area contributed by atoms with E-state index in [9.17, 15) is 9.59 Å². The van der Waals surface area contributed by atoms with Crippen molar-refractivity contribution >= 4 is 41.2 Å². The van der Waals surface area contributed by atoms with Crippen molar-refractivity contribution in [1.82, 2.24) is 20.1 Å². The van der Waals surface area contributed by atoms with Crippen LogP contribution in [0.2, 0.25) is 5.02 Å². The monoisotopic (exact) mass is 408 g/mol. The third-order valence-electron chi connectivity index (χ3n) is 4.11. The fraction of sp³-hybridized carbons (Fsp3) is 0.412. The fourth-order valence-corrected chi connectivity index (χ4v) is 3.99. The van der Waals surface area contributed by atoms with Gasteiger partial charge in [-0.05, 0) is 37.5 Å². The van der Waals surface area contributed by atoms with Crippen molar-refractivity contribution in [2.75, 3.05) is 23.7 Å². The maximum Gasteiger partial charge on any atom is 0.318 e. The number of thioether (sulfide) groups is 1. The average Bonchev–Trinajstić information content (AvgIpc) is 3.27. The highest BCUT2D eigenvalue weighted by atomic mass is 35.5. The van der Waals surface area contributed by atoms with Gasteiger partial charge in [0.15, 0.2) is 5.16 Å². The van der Waals surface area contributed by atoms with E-state index < -0.39 is 6.03 Å². The van der Waals surface area contributed by atoms with Crippen LogP contribution in [0, 0.1) is 0 Å². The van der Waals surface area contributed by atoms with Gasteiger partial charge < -0.3 is 10.6 Å². The third-order valence-corrected chi connectivity index (χ3v) is 5.36. The minimum atomic E-state index is -0.830. The molecule has 3 N–H and O–H groups in total. The number of benzene rings is 1. The summed E-state index contributed by atoms with van der Waals surface area (Å²) in [5, 5.41) is 12.2. The van der Waals surface area contributed by atoms with Crippen LogP contribution in [0.4, 0.5) is 10.7 Å². The summed E-state index contributed by atoms with van der Waals surface area (Å²) in [4.78, 5) is 24.4. The van der Waals surface area contributed by atoms with Gasteiger partial charge >= 0.3 is 6.03 Å². The lowest BCUT2D eigenvalue weighted by Gasteiger charge is -2.18. The van der Waals surface area contributed by atoms with Crippen LogP contribution < -0.4 is 16.0 Å². The predicted octanol–water partition coefficient (Wildman–Crippen LogP) is 2.59. The molecule has 27 heavy (non-hydrogen) atoms. The van der Waals surface area contributed by atoms with Gasteiger partial charge in [0.1, 0.15) is 0 Å². The molecule has 8 nitrogen and oxygen atoms in total. The van der Waals surface area contributed by atoms with Crippen LogP contribution in [0.15, 0.2) is 29.4 Å². The summed E-state index contributed by atoms with van der Waals surface area (Å²) in [6, 6.07) is 6.75. The Balaban J connectivity index is 1.73. The molecule has 0 atom stereocenters. The van der Waals surface area contributed by atoms with E-state index >= 15 is 0 Å². The molecule has 1 aliphatic rings. The predicted molar refractivity (Wildman–Crippen MR) is 106 cm³/mol. The summed E-state index contributed by atoms with van der Waals surface area (Å²) < 4.78 is 2.01. The lowest BCUT2D eigenvalue weighted by atomic mass is 10.3. The van der Waals surface area contributed by atoms with Crippen molar-refractivity contribution in [1.29, 1.82) is 0 Å². The first kappa shape index (κ1) is 19.5. The Morgan fingerprint density at radius 2 is 2.04 bits per heavy atom. The van der Waals surface area contributed by atoms with Crippen LogP contribution in [0.5, 0.6) is 0 Å². The van der Waals surface area contributed by atoms with Crippen LogP contribution in [0.1, 0.15) is 25.7 Å². The molecule has 1 aromatic heterocycles. The molecule has 2 heterocycles. The number of urea groups is 1. The highest BCUT2D eigenvalue weighted by Gasteiger charge is 2.22. The van der Waals surface area contributed by atoms with E-state index in [4.69, 9.17) is 17.3 Å². The molecule has 1 aromatic carbocycles. The summed E-state index contributed by atoms with van der Waals surface area (Å²) in [6.45, 7) is 1.91. The fourth-order valence-electron chi connectivity index (χ4n) is 2.91. The Kier molecular flexibility index (Phi) is 6.57. The number of carbonyl (C=O) groups is 2. The van der Waals surface area contributed by atoms with E-state index in [0.29, 0.717) is 17.2 Å². The average molecular weight is 409 g/mol. The quantitative estimate of drug-likeness (QED) is 0.538. The Hall–Kier alpha value is -2.26. The van der Waals surface area contributed by atoms with Gasteiger partial charge in [-0.3, -0.25) is 14.7 Å². The number of nitrogens with zero attached hydrogens (tertiary/aromatic N) is 4. The van der Waals surface area contributed by atoms with E-state index in [0.717, 1.165) is 42.7 Å². The largest absolute Gasteiger partial charge is 0.351 e. The second-order valence-corrected chi connectivity index (χ2v) is 7.65. The first-order chi connectivity index (χ1) is 13.0. The van der Waals surface area contributed by atoms with E-state index in [1.807, 2.05) is 28.8 Å². The van der Waals surface area contributed by atoms with Gasteiger partial charge in [-0.15, -0.1) is 10.2 Å². The van der Waals surface area contributed by atoms with E-state index in [1.165, 1.54) is 11.8 Å². The Morgan fingerprint density at radius 1 is 1.26 bits per heavy atom. The molecule has 0 bridgehead atoms. The van der Waals surface area contributed by atoms with Crippen molar-refractivity contribution in [2.24, 2.45) is 5.73 Å². The van der Waals surface area contributed by atoms with E-state index in [-0.39, 0.29) is 12.3 Å². The van der Waals surface area contributed by atoms with Gasteiger partial charge in [0, 0.05) is 30.3 Å². The molecule has 0 saturated carbocycles. The molecule has 1 fully saturated rings. The number of aromatic nitrogens is 3. The minimum Gasteiger partial charge on any atom is -0.351 e. The molecule has 0 aliphatic carbocycles. The number of rotatable bonds is 7. The van der Waals surface area contributed by atoms with Crippen LogP contribution in [-0.2, 0) is 4.79 Å². The van der Waals surface area contributed by atoms with E-state index in [1.54, 1.807) is 0 Å². The second-order valence-electron chi connectivity index (χ2n) is 6.16. The lowest BCUT2D eigenvalue weighted by Crippen LogP contribution is -2.34. The van der Waals surface area contributed by atoms with Crippen molar-refractivity contribution in [3.63, 3.8) is 0 Å². The van der Waals surface area contributed by atoms with E-state index in [2.05, 4.69) is 20.4 Å².